The molecule has 84 valence electrons. The van der Waals surface area contributed by atoms with Gasteiger partial charge in [0.1, 0.15) is 5.75 Å². The number of ether oxygens (including phenoxy) is 1. The summed E-state index contributed by atoms with van der Waals surface area (Å²) in [6.45, 7) is 0. The summed E-state index contributed by atoms with van der Waals surface area (Å²) in [5.74, 6) is 0.786. The van der Waals surface area contributed by atoms with Crippen molar-refractivity contribution in [3.05, 3.63) is 26.6 Å². The topological polar surface area (TPSA) is 47.0 Å². The van der Waals surface area contributed by atoms with E-state index in [9.17, 15) is 0 Å². The Hall–Kier alpha value is -0.660. The zero-order valence-electron chi connectivity index (χ0n) is 8.20. The Bertz CT molecular complexity index is 503. The van der Waals surface area contributed by atoms with Crippen molar-refractivity contribution in [2.75, 3.05) is 12.4 Å². The number of hydrogen-bond donors (Lipinski definition) is 1. The summed E-state index contributed by atoms with van der Waals surface area (Å²) in [5.41, 5.74) is 0.892. The molecule has 0 bridgehead atoms. The van der Waals surface area contributed by atoms with Crippen LogP contribution >= 0.6 is 43.2 Å². The third kappa shape index (κ3) is 2.72. The van der Waals surface area contributed by atoms with Gasteiger partial charge in [-0.15, -0.1) is 10.2 Å². The Labute approximate surface area is 113 Å². The number of anilines is 2. The van der Waals surface area contributed by atoms with E-state index in [1.165, 1.54) is 11.3 Å². The molecule has 2 aromatic rings. The second-order valence-electron chi connectivity index (χ2n) is 2.83. The van der Waals surface area contributed by atoms with Crippen molar-refractivity contribution in [1.82, 2.24) is 10.2 Å². The van der Waals surface area contributed by atoms with Crippen molar-refractivity contribution in [1.29, 1.82) is 0 Å². The molecule has 2 rings (SSSR count). The minimum Gasteiger partial charge on any atom is -0.497 e. The van der Waals surface area contributed by atoms with Gasteiger partial charge in [-0.3, -0.25) is 0 Å². The fourth-order valence-corrected chi connectivity index (χ4v) is 2.47. The summed E-state index contributed by atoms with van der Waals surface area (Å²) in [7, 11) is 1.63. The van der Waals surface area contributed by atoms with Crippen LogP contribution in [-0.4, -0.2) is 17.3 Å². The first-order chi connectivity index (χ1) is 7.69. The van der Waals surface area contributed by atoms with Gasteiger partial charge in [0.15, 0.2) is 3.92 Å². The molecule has 0 radical (unpaired) electrons. The second-order valence-corrected chi connectivity index (χ2v) is 5.94. The van der Waals surface area contributed by atoms with Gasteiger partial charge in [-0.1, -0.05) is 11.3 Å². The van der Waals surface area contributed by atoms with Gasteiger partial charge in [0, 0.05) is 10.5 Å². The number of nitrogens with zero attached hydrogens (tertiary/aromatic N) is 2. The van der Waals surface area contributed by atoms with Crippen LogP contribution < -0.4 is 10.1 Å². The number of rotatable bonds is 3. The normalized spacial score (nSPS) is 10.2. The highest BCUT2D eigenvalue weighted by molar-refractivity contribution is 9.11. The Balaban J connectivity index is 2.26. The molecule has 16 heavy (non-hydrogen) atoms. The van der Waals surface area contributed by atoms with E-state index in [1.807, 2.05) is 18.2 Å². The molecular formula is C9H7Br2N3OS. The van der Waals surface area contributed by atoms with Crippen LogP contribution in [0.25, 0.3) is 0 Å². The molecule has 4 nitrogen and oxygen atoms in total. The van der Waals surface area contributed by atoms with Crippen molar-refractivity contribution in [2.45, 2.75) is 0 Å². The number of methoxy groups -OCH3 is 1. The molecule has 0 fully saturated rings. The van der Waals surface area contributed by atoms with Crippen LogP contribution in [0.3, 0.4) is 0 Å². The van der Waals surface area contributed by atoms with E-state index in [0.29, 0.717) is 0 Å². The van der Waals surface area contributed by atoms with Crippen LogP contribution in [0.15, 0.2) is 26.6 Å². The molecule has 0 spiro atoms. The van der Waals surface area contributed by atoms with Crippen molar-refractivity contribution in [3.63, 3.8) is 0 Å². The van der Waals surface area contributed by atoms with Crippen LogP contribution in [0.4, 0.5) is 10.8 Å². The van der Waals surface area contributed by atoms with Crippen molar-refractivity contribution in [2.24, 2.45) is 0 Å². The van der Waals surface area contributed by atoms with Gasteiger partial charge in [0.05, 0.1) is 12.8 Å². The third-order valence-electron chi connectivity index (χ3n) is 1.82. The third-order valence-corrected chi connectivity index (χ3v) is 3.78. The standard InChI is InChI=1S/C9H7Br2N3OS/c1-15-5-2-3-6(10)7(4-5)12-9-14-13-8(11)16-9/h2-4H,1H3,(H,12,14). The SMILES string of the molecule is COc1ccc(Br)c(Nc2nnc(Br)s2)c1. The van der Waals surface area contributed by atoms with Gasteiger partial charge >= 0.3 is 0 Å². The van der Waals surface area contributed by atoms with Crippen LogP contribution in [0, 0.1) is 0 Å². The predicted molar refractivity (Wildman–Crippen MR) is 71.6 cm³/mol. The molecule has 0 unspecified atom stereocenters. The first-order valence-corrected chi connectivity index (χ1v) is 6.69. The molecule has 0 saturated heterocycles. The summed E-state index contributed by atoms with van der Waals surface area (Å²) < 4.78 is 6.84. The highest BCUT2D eigenvalue weighted by atomic mass is 79.9. The molecule has 0 aliphatic carbocycles. The van der Waals surface area contributed by atoms with E-state index in [0.717, 1.165) is 25.0 Å². The van der Waals surface area contributed by atoms with Crippen LogP contribution in [0.2, 0.25) is 0 Å². The Morgan fingerprint density at radius 2 is 2.12 bits per heavy atom. The van der Waals surface area contributed by atoms with Crippen LogP contribution in [-0.2, 0) is 0 Å². The minimum atomic E-state index is 0.723. The number of benzene rings is 1. The average molecular weight is 365 g/mol. The summed E-state index contributed by atoms with van der Waals surface area (Å²) in [6, 6.07) is 5.68. The van der Waals surface area contributed by atoms with Crippen LogP contribution in [0.5, 0.6) is 5.75 Å². The highest BCUT2D eigenvalue weighted by Gasteiger charge is 2.06. The molecule has 1 aromatic carbocycles. The molecule has 0 aliphatic rings. The van der Waals surface area contributed by atoms with E-state index in [1.54, 1.807) is 7.11 Å². The molecule has 1 aromatic heterocycles. The van der Waals surface area contributed by atoms with E-state index in [4.69, 9.17) is 4.74 Å². The predicted octanol–water partition coefficient (Wildman–Crippen LogP) is 3.82. The fraction of sp³-hybridized carbons (Fsp3) is 0.111. The highest BCUT2D eigenvalue weighted by Crippen LogP contribution is 2.31. The lowest BCUT2D eigenvalue weighted by molar-refractivity contribution is 0.415. The zero-order valence-corrected chi connectivity index (χ0v) is 12.2. The van der Waals surface area contributed by atoms with E-state index < -0.39 is 0 Å². The molecular weight excluding hydrogens is 358 g/mol. The van der Waals surface area contributed by atoms with E-state index in [-0.39, 0.29) is 0 Å². The van der Waals surface area contributed by atoms with E-state index >= 15 is 0 Å². The summed E-state index contributed by atoms with van der Waals surface area (Å²) >= 11 is 8.14. The number of nitrogens with one attached hydrogen (secondary N) is 1. The fourth-order valence-electron chi connectivity index (χ4n) is 1.10. The Morgan fingerprint density at radius 1 is 1.31 bits per heavy atom. The average Bonchev–Trinajstić information content (AvgIpc) is 2.67. The molecule has 0 aliphatic heterocycles. The minimum absolute atomic E-state index is 0.723. The maximum atomic E-state index is 5.15. The van der Waals surface area contributed by atoms with Crippen LogP contribution in [0.1, 0.15) is 0 Å². The second kappa shape index (κ2) is 5.11. The molecule has 1 N–H and O–H groups in total. The maximum absolute atomic E-state index is 5.15. The zero-order chi connectivity index (χ0) is 11.5. The Kier molecular flexibility index (Phi) is 3.78. The summed E-state index contributed by atoms with van der Waals surface area (Å²) in [5, 5.41) is 11.7. The van der Waals surface area contributed by atoms with Gasteiger partial charge in [-0.05, 0) is 44.0 Å². The van der Waals surface area contributed by atoms with Crippen molar-refractivity contribution < 1.29 is 4.74 Å². The number of aromatic nitrogens is 2. The maximum Gasteiger partial charge on any atom is 0.210 e. The monoisotopic (exact) mass is 363 g/mol. The lowest BCUT2D eigenvalue weighted by atomic mass is 10.3. The molecule has 0 saturated carbocycles. The van der Waals surface area contributed by atoms with E-state index in [2.05, 4.69) is 47.4 Å². The largest absolute Gasteiger partial charge is 0.497 e. The van der Waals surface area contributed by atoms with Gasteiger partial charge in [0.25, 0.3) is 0 Å². The lowest BCUT2D eigenvalue weighted by Crippen LogP contribution is -1.92. The van der Waals surface area contributed by atoms with Gasteiger partial charge in [0.2, 0.25) is 5.13 Å². The lowest BCUT2D eigenvalue weighted by Gasteiger charge is -2.07. The Morgan fingerprint density at radius 3 is 2.75 bits per heavy atom. The number of halogens is 2. The first-order valence-electron chi connectivity index (χ1n) is 4.28. The van der Waals surface area contributed by atoms with Gasteiger partial charge in [-0.25, -0.2) is 0 Å². The summed E-state index contributed by atoms with van der Waals surface area (Å²) in [6.07, 6.45) is 0. The van der Waals surface area contributed by atoms with Gasteiger partial charge < -0.3 is 10.1 Å². The van der Waals surface area contributed by atoms with Gasteiger partial charge in [-0.2, -0.15) is 0 Å². The molecule has 0 amide bonds. The quantitative estimate of drug-likeness (QED) is 0.899. The van der Waals surface area contributed by atoms with Crippen molar-refractivity contribution >= 4 is 54.0 Å². The molecule has 7 heteroatoms. The summed E-state index contributed by atoms with van der Waals surface area (Å²) in [4.78, 5) is 0. The smallest absolute Gasteiger partial charge is 0.210 e. The number of hydrogen-bond acceptors (Lipinski definition) is 5. The molecule has 1 heterocycles. The molecule has 0 atom stereocenters. The first kappa shape index (κ1) is 11.8. The van der Waals surface area contributed by atoms with Crippen molar-refractivity contribution in [3.8, 4) is 5.75 Å².